The maximum absolute atomic E-state index is 12.6. The first-order valence-corrected chi connectivity index (χ1v) is 7.94. The molecule has 0 radical (unpaired) electrons. The summed E-state index contributed by atoms with van der Waals surface area (Å²) in [6.45, 7) is 2.06. The topological polar surface area (TPSA) is 49.4 Å². The maximum Gasteiger partial charge on any atom is 0.256 e. The van der Waals surface area contributed by atoms with Gasteiger partial charge in [0, 0.05) is 10.7 Å². The van der Waals surface area contributed by atoms with Crippen molar-refractivity contribution in [2.24, 2.45) is 0 Å². The van der Waals surface area contributed by atoms with E-state index in [2.05, 4.69) is 12.2 Å². The molecule has 4 nitrogen and oxygen atoms in total. The van der Waals surface area contributed by atoms with Crippen LogP contribution in [0, 0.1) is 0 Å². The van der Waals surface area contributed by atoms with Gasteiger partial charge in [0.05, 0.1) is 12.1 Å². The third-order valence-corrected chi connectivity index (χ3v) is 4.18. The molecule has 2 amide bonds. The van der Waals surface area contributed by atoms with Crippen molar-refractivity contribution in [3.05, 3.63) is 59.1 Å². The van der Waals surface area contributed by atoms with Crippen LogP contribution in [0.2, 0.25) is 5.02 Å². The van der Waals surface area contributed by atoms with Crippen molar-refractivity contribution in [1.29, 1.82) is 0 Å². The Kier molecular flexibility index (Phi) is 4.35. The minimum atomic E-state index is -0.547. The molecule has 23 heavy (non-hydrogen) atoms. The lowest BCUT2D eigenvalue weighted by molar-refractivity contribution is -0.121. The molecular weight excluding hydrogens is 312 g/mol. The van der Waals surface area contributed by atoms with Crippen LogP contribution in [0.3, 0.4) is 0 Å². The highest BCUT2D eigenvalue weighted by Gasteiger charge is 2.39. The van der Waals surface area contributed by atoms with Crippen molar-refractivity contribution >= 4 is 34.8 Å². The molecule has 5 heteroatoms. The van der Waals surface area contributed by atoms with Crippen LogP contribution >= 0.6 is 11.6 Å². The molecular formula is C18H17ClN2O2. The number of rotatable bonds is 4. The monoisotopic (exact) mass is 328 g/mol. The number of imide groups is 1. The summed E-state index contributed by atoms with van der Waals surface area (Å²) in [6.07, 6.45) is 0.999. The van der Waals surface area contributed by atoms with E-state index >= 15 is 0 Å². The lowest BCUT2D eigenvalue weighted by Crippen LogP contribution is -2.34. The number of hydrogen-bond donors (Lipinski definition) is 1. The molecule has 0 aliphatic carbocycles. The van der Waals surface area contributed by atoms with Crippen LogP contribution in [0.15, 0.2) is 48.5 Å². The van der Waals surface area contributed by atoms with E-state index < -0.39 is 6.04 Å². The summed E-state index contributed by atoms with van der Waals surface area (Å²) in [5.41, 5.74) is 2.53. The number of nitrogens with one attached hydrogen (secondary N) is 1. The van der Waals surface area contributed by atoms with Gasteiger partial charge in [0.15, 0.2) is 0 Å². The van der Waals surface area contributed by atoms with Gasteiger partial charge < -0.3 is 5.32 Å². The van der Waals surface area contributed by atoms with E-state index in [0.29, 0.717) is 10.7 Å². The van der Waals surface area contributed by atoms with Gasteiger partial charge in [0.25, 0.3) is 5.91 Å². The molecule has 118 valence electrons. The summed E-state index contributed by atoms with van der Waals surface area (Å²) in [7, 11) is 0. The second kappa shape index (κ2) is 6.42. The zero-order valence-electron chi connectivity index (χ0n) is 12.8. The fourth-order valence-corrected chi connectivity index (χ4v) is 2.97. The number of nitrogens with zero attached hydrogens (tertiary/aromatic N) is 1. The molecule has 1 aliphatic heterocycles. The number of para-hydroxylation sites is 1. The van der Waals surface area contributed by atoms with Gasteiger partial charge in [-0.2, -0.15) is 0 Å². The van der Waals surface area contributed by atoms with Crippen LogP contribution in [0.5, 0.6) is 0 Å². The van der Waals surface area contributed by atoms with Crippen molar-refractivity contribution in [2.75, 3.05) is 10.2 Å². The summed E-state index contributed by atoms with van der Waals surface area (Å²) in [5.74, 6) is -0.466. The van der Waals surface area contributed by atoms with E-state index in [1.807, 2.05) is 24.3 Å². The van der Waals surface area contributed by atoms with Crippen LogP contribution in [0.1, 0.15) is 18.9 Å². The lowest BCUT2D eigenvalue weighted by Gasteiger charge is -2.17. The average Bonchev–Trinajstić information content (AvgIpc) is 2.82. The molecule has 1 fully saturated rings. The minimum Gasteiger partial charge on any atom is -0.373 e. The third-order valence-electron chi connectivity index (χ3n) is 3.94. The van der Waals surface area contributed by atoms with Gasteiger partial charge in [0.1, 0.15) is 6.04 Å². The molecule has 3 rings (SSSR count). The molecule has 1 atom stereocenters. The molecule has 1 unspecified atom stereocenters. The quantitative estimate of drug-likeness (QED) is 0.872. The fourth-order valence-electron chi connectivity index (χ4n) is 2.79. The van der Waals surface area contributed by atoms with Crippen LogP contribution in [0.4, 0.5) is 11.4 Å². The van der Waals surface area contributed by atoms with Gasteiger partial charge in [0.2, 0.25) is 5.91 Å². The number of benzene rings is 2. The van der Waals surface area contributed by atoms with Gasteiger partial charge in [-0.3, -0.25) is 9.59 Å². The highest BCUT2D eigenvalue weighted by Crippen LogP contribution is 2.27. The number of aryl methyl sites for hydroxylation is 1. The zero-order chi connectivity index (χ0) is 16.4. The van der Waals surface area contributed by atoms with E-state index in [0.717, 1.165) is 17.7 Å². The Morgan fingerprint density at radius 1 is 1.17 bits per heavy atom. The number of halogens is 1. The molecule has 1 heterocycles. The van der Waals surface area contributed by atoms with E-state index in [-0.39, 0.29) is 18.2 Å². The second-order valence-electron chi connectivity index (χ2n) is 5.46. The van der Waals surface area contributed by atoms with Crippen LogP contribution in [0.25, 0.3) is 0 Å². The van der Waals surface area contributed by atoms with Gasteiger partial charge in [-0.15, -0.1) is 0 Å². The Labute approximate surface area is 140 Å². The van der Waals surface area contributed by atoms with Crippen LogP contribution in [-0.2, 0) is 16.0 Å². The Bertz CT molecular complexity index is 760. The smallest absolute Gasteiger partial charge is 0.256 e. The zero-order valence-corrected chi connectivity index (χ0v) is 13.5. The number of carbonyl (C=O) groups is 2. The Morgan fingerprint density at radius 2 is 1.96 bits per heavy atom. The lowest BCUT2D eigenvalue weighted by atomic mass is 10.1. The van der Waals surface area contributed by atoms with Crippen LogP contribution < -0.4 is 10.2 Å². The van der Waals surface area contributed by atoms with Crippen LogP contribution in [-0.4, -0.2) is 17.9 Å². The molecule has 0 bridgehead atoms. The predicted molar refractivity (Wildman–Crippen MR) is 91.8 cm³/mol. The highest BCUT2D eigenvalue weighted by molar-refractivity contribution is 6.31. The normalized spacial score (nSPS) is 17.7. The van der Waals surface area contributed by atoms with Crippen molar-refractivity contribution < 1.29 is 9.59 Å². The number of hydrogen-bond acceptors (Lipinski definition) is 3. The summed E-state index contributed by atoms with van der Waals surface area (Å²) >= 11 is 5.96. The fraction of sp³-hybridized carbons (Fsp3) is 0.222. The number of amides is 2. The average molecular weight is 329 g/mol. The molecule has 2 aromatic carbocycles. The Balaban J connectivity index is 1.84. The predicted octanol–water partition coefficient (Wildman–Crippen LogP) is 3.65. The molecule has 0 spiro atoms. The summed E-state index contributed by atoms with van der Waals surface area (Å²) in [6, 6.07) is 14.0. The SMILES string of the molecule is CCc1ccccc1NC1CC(=O)N(c2cccc(Cl)c2)C1=O. The standard InChI is InChI=1S/C18H17ClN2O2/c1-2-12-6-3-4-9-15(12)20-16-11-17(22)21(18(16)23)14-8-5-7-13(19)10-14/h3-10,16,20H,2,11H2,1H3. The van der Waals surface area contributed by atoms with Crippen molar-refractivity contribution in [3.63, 3.8) is 0 Å². The largest absolute Gasteiger partial charge is 0.373 e. The molecule has 2 aromatic rings. The third kappa shape index (κ3) is 3.08. The first-order chi connectivity index (χ1) is 11.1. The summed E-state index contributed by atoms with van der Waals surface area (Å²) < 4.78 is 0. The van der Waals surface area contributed by atoms with E-state index in [9.17, 15) is 9.59 Å². The molecule has 1 N–H and O–H groups in total. The Morgan fingerprint density at radius 3 is 2.70 bits per heavy atom. The first-order valence-electron chi connectivity index (χ1n) is 7.57. The second-order valence-corrected chi connectivity index (χ2v) is 5.90. The van der Waals surface area contributed by atoms with Gasteiger partial charge >= 0.3 is 0 Å². The van der Waals surface area contributed by atoms with Crippen molar-refractivity contribution in [1.82, 2.24) is 0 Å². The summed E-state index contributed by atoms with van der Waals surface area (Å²) in [4.78, 5) is 26.1. The number of anilines is 2. The number of carbonyl (C=O) groups excluding carboxylic acids is 2. The van der Waals surface area contributed by atoms with E-state index in [4.69, 9.17) is 11.6 Å². The van der Waals surface area contributed by atoms with Crippen molar-refractivity contribution in [3.8, 4) is 0 Å². The summed E-state index contributed by atoms with van der Waals surface area (Å²) in [5, 5.41) is 3.71. The minimum absolute atomic E-state index is 0.142. The van der Waals surface area contributed by atoms with Gasteiger partial charge in [-0.05, 0) is 36.2 Å². The van der Waals surface area contributed by atoms with Gasteiger partial charge in [-0.25, -0.2) is 4.90 Å². The van der Waals surface area contributed by atoms with Crippen molar-refractivity contribution in [2.45, 2.75) is 25.8 Å². The molecule has 1 aliphatic rings. The maximum atomic E-state index is 12.6. The van der Waals surface area contributed by atoms with Gasteiger partial charge in [-0.1, -0.05) is 42.8 Å². The first kappa shape index (κ1) is 15.6. The highest BCUT2D eigenvalue weighted by atomic mass is 35.5. The molecule has 1 saturated heterocycles. The Hall–Kier alpha value is -2.33. The molecule has 0 aromatic heterocycles. The van der Waals surface area contributed by atoms with E-state index in [1.165, 1.54) is 4.90 Å². The molecule has 0 saturated carbocycles. The van der Waals surface area contributed by atoms with E-state index in [1.54, 1.807) is 24.3 Å².